The van der Waals surface area contributed by atoms with Gasteiger partial charge in [0.2, 0.25) is 5.89 Å². The van der Waals surface area contributed by atoms with Crippen molar-refractivity contribution < 1.29 is 8.91 Å². The molecule has 0 radical (unpaired) electrons. The first-order valence-corrected chi connectivity index (χ1v) is 7.93. The molecule has 23 heavy (non-hydrogen) atoms. The molecule has 0 unspecified atom stereocenters. The lowest BCUT2D eigenvalue weighted by Crippen LogP contribution is -2.30. The molecule has 0 bridgehead atoms. The van der Waals surface area contributed by atoms with Crippen molar-refractivity contribution in [2.75, 3.05) is 26.2 Å². The summed E-state index contributed by atoms with van der Waals surface area (Å²) in [6.45, 7) is 5.78. The number of benzene rings is 1. The van der Waals surface area contributed by atoms with Crippen LogP contribution >= 0.6 is 0 Å². The maximum Gasteiger partial charge on any atom is 0.240 e. The predicted octanol–water partition coefficient (Wildman–Crippen LogP) is 1.38. The number of hydrogen-bond acceptors (Lipinski definition) is 6. The molecule has 1 aliphatic rings. The Labute approximate surface area is 135 Å². The van der Waals surface area contributed by atoms with Crippen LogP contribution in [-0.2, 0) is 19.6 Å². The summed E-state index contributed by atoms with van der Waals surface area (Å²) in [5, 5.41) is 3.95. The van der Waals surface area contributed by atoms with Gasteiger partial charge in [0.1, 0.15) is 5.82 Å². The summed E-state index contributed by atoms with van der Waals surface area (Å²) >= 11 is 0. The molecule has 0 amide bonds. The lowest BCUT2D eigenvalue weighted by Gasteiger charge is -2.21. The van der Waals surface area contributed by atoms with Crippen LogP contribution in [0, 0.1) is 5.82 Å². The van der Waals surface area contributed by atoms with Crippen LogP contribution in [0.15, 0.2) is 28.8 Å². The van der Waals surface area contributed by atoms with Crippen molar-refractivity contribution in [2.24, 2.45) is 5.73 Å². The zero-order chi connectivity index (χ0) is 16.1. The van der Waals surface area contributed by atoms with Crippen LogP contribution in [0.1, 0.15) is 23.7 Å². The number of halogens is 1. The molecule has 0 atom stereocenters. The van der Waals surface area contributed by atoms with Crippen molar-refractivity contribution in [1.82, 2.24) is 19.9 Å². The summed E-state index contributed by atoms with van der Waals surface area (Å²) in [5.41, 5.74) is 6.63. The molecule has 2 heterocycles. The third-order valence-electron chi connectivity index (χ3n) is 4.05. The second kappa shape index (κ2) is 7.63. The van der Waals surface area contributed by atoms with E-state index in [4.69, 9.17) is 10.3 Å². The standard InChI is InChI=1S/C16H22FN5O/c17-14-4-2-13(3-5-14)11-21-6-1-7-22(9-8-21)12-15-19-16(10-18)23-20-15/h2-5H,1,6-12,18H2. The highest BCUT2D eigenvalue weighted by atomic mass is 19.1. The number of aromatic nitrogens is 2. The SMILES string of the molecule is NCc1nc(CN2CCCN(Cc3ccc(F)cc3)CC2)no1. The normalized spacial score (nSPS) is 17.3. The largest absolute Gasteiger partial charge is 0.338 e. The van der Waals surface area contributed by atoms with E-state index in [1.165, 1.54) is 12.1 Å². The molecule has 3 rings (SSSR count). The van der Waals surface area contributed by atoms with Crippen molar-refractivity contribution in [2.45, 2.75) is 26.1 Å². The van der Waals surface area contributed by atoms with Crippen molar-refractivity contribution >= 4 is 0 Å². The van der Waals surface area contributed by atoms with Gasteiger partial charge in [-0.15, -0.1) is 0 Å². The molecule has 0 spiro atoms. The summed E-state index contributed by atoms with van der Waals surface area (Å²) in [4.78, 5) is 8.98. The second-order valence-electron chi connectivity index (χ2n) is 5.84. The van der Waals surface area contributed by atoms with Crippen molar-refractivity contribution in [3.63, 3.8) is 0 Å². The minimum absolute atomic E-state index is 0.187. The van der Waals surface area contributed by atoms with Gasteiger partial charge in [-0.05, 0) is 37.2 Å². The highest BCUT2D eigenvalue weighted by Gasteiger charge is 2.17. The Morgan fingerprint density at radius 1 is 1.04 bits per heavy atom. The molecule has 2 aromatic rings. The molecule has 0 aliphatic carbocycles. The lowest BCUT2D eigenvalue weighted by molar-refractivity contribution is 0.241. The molecule has 2 N–H and O–H groups in total. The van der Waals surface area contributed by atoms with E-state index in [0.29, 0.717) is 18.3 Å². The Hall–Kier alpha value is -1.83. The molecule has 6 nitrogen and oxygen atoms in total. The predicted molar refractivity (Wildman–Crippen MR) is 83.8 cm³/mol. The van der Waals surface area contributed by atoms with Gasteiger partial charge >= 0.3 is 0 Å². The zero-order valence-corrected chi connectivity index (χ0v) is 13.1. The molecular formula is C16H22FN5O. The number of rotatable bonds is 5. The van der Waals surface area contributed by atoms with Gasteiger partial charge in [-0.2, -0.15) is 4.98 Å². The lowest BCUT2D eigenvalue weighted by atomic mass is 10.2. The maximum absolute atomic E-state index is 13.0. The number of hydrogen-bond donors (Lipinski definition) is 1. The van der Waals surface area contributed by atoms with Gasteiger partial charge in [-0.25, -0.2) is 4.39 Å². The third-order valence-corrected chi connectivity index (χ3v) is 4.05. The van der Waals surface area contributed by atoms with Gasteiger partial charge in [0.15, 0.2) is 5.82 Å². The van der Waals surface area contributed by atoms with Crippen molar-refractivity contribution in [1.29, 1.82) is 0 Å². The van der Waals surface area contributed by atoms with Crippen LogP contribution in [0.4, 0.5) is 4.39 Å². The van der Waals surface area contributed by atoms with Crippen LogP contribution in [-0.4, -0.2) is 46.1 Å². The number of nitrogens with zero attached hydrogens (tertiary/aromatic N) is 4. The van der Waals surface area contributed by atoms with E-state index in [0.717, 1.165) is 44.7 Å². The Morgan fingerprint density at radius 3 is 2.39 bits per heavy atom. The van der Waals surface area contributed by atoms with E-state index in [2.05, 4.69) is 19.9 Å². The highest BCUT2D eigenvalue weighted by Crippen LogP contribution is 2.11. The third kappa shape index (κ3) is 4.57. The fourth-order valence-corrected chi connectivity index (χ4v) is 2.83. The Bertz CT molecular complexity index is 615. The monoisotopic (exact) mass is 319 g/mol. The van der Waals surface area contributed by atoms with E-state index < -0.39 is 0 Å². The molecule has 1 aromatic heterocycles. The summed E-state index contributed by atoms with van der Waals surface area (Å²) in [6, 6.07) is 6.74. The van der Waals surface area contributed by atoms with Crippen LogP contribution in [0.3, 0.4) is 0 Å². The van der Waals surface area contributed by atoms with Crippen LogP contribution in [0.2, 0.25) is 0 Å². The Morgan fingerprint density at radius 2 is 1.74 bits per heavy atom. The second-order valence-corrected chi connectivity index (χ2v) is 5.84. The van der Waals surface area contributed by atoms with Crippen molar-refractivity contribution in [3.8, 4) is 0 Å². The fourth-order valence-electron chi connectivity index (χ4n) is 2.83. The summed E-state index contributed by atoms with van der Waals surface area (Å²) < 4.78 is 18.0. The first-order chi connectivity index (χ1) is 11.2. The Balaban J connectivity index is 1.51. The average Bonchev–Trinajstić information content (AvgIpc) is 2.90. The number of nitrogens with two attached hydrogens (primary N) is 1. The van der Waals surface area contributed by atoms with Gasteiger partial charge in [0.25, 0.3) is 0 Å². The molecule has 1 saturated heterocycles. The summed E-state index contributed by atoms with van der Waals surface area (Å²) in [6.07, 6.45) is 1.09. The van der Waals surface area contributed by atoms with Gasteiger partial charge in [0.05, 0.1) is 13.1 Å². The van der Waals surface area contributed by atoms with Gasteiger partial charge in [0, 0.05) is 19.6 Å². The summed E-state index contributed by atoms with van der Waals surface area (Å²) in [5.74, 6) is 0.984. The first-order valence-electron chi connectivity index (χ1n) is 7.93. The van der Waals surface area contributed by atoms with E-state index in [9.17, 15) is 4.39 Å². The minimum atomic E-state index is -0.187. The van der Waals surface area contributed by atoms with E-state index in [1.807, 2.05) is 12.1 Å². The molecule has 1 aliphatic heterocycles. The molecular weight excluding hydrogens is 297 g/mol. The topological polar surface area (TPSA) is 71.4 Å². The van der Waals surface area contributed by atoms with Crippen LogP contribution < -0.4 is 5.73 Å². The van der Waals surface area contributed by atoms with E-state index >= 15 is 0 Å². The van der Waals surface area contributed by atoms with Crippen molar-refractivity contribution in [3.05, 3.63) is 47.4 Å². The molecule has 124 valence electrons. The maximum atomic E-state index is 13.0. The molecule has 7 heteroatoms. The Kier molecular flexibility index (Phi) is 5.32. The highest BCUT2D eigenvalue weighted by molar-refractivity contribution is 5.15. The molecule has 1 aromatic carbocycles. The minimum Gasteiger partial charge on any atom is -0.338 e. The fraction of sp³-hybridized carbons (Fsp3) is 0.500. The van der Waals surface area contributed by atoms with Crippen LogP contribution in [0.25, 0.3) is 0 Å². The van der Waals surface area contributed by atoms with Crippen LogP contribution in [0.5, 0.6) is 0 Å². The quantitative estimate of drug-likeness (QED) is 0.897. The van der Waals surface area contributed by atoms with E-state index in [-0.39, 0.29) is 12.4 Å². The molecule has 1 fully saturated rings. The smallest absolute Gasteiger partial charge is 0.240 e. The van der Waals surface area contributed by atoms with Gasteiger partial charge in [-0.1, -0.05) is 17.3 Å². The van der Waals surface area contributed by atoms with Gasteiger partial charge in [-0.3, -0.25) is 9.80 Å². The summed E-state index contributed by atoms with van der Waals surface area (Å²) in [7, 11) is 0. The average molecular weight is 319 g/mol. The zero-order valence-electron chi connectivity index (χ0n) is 13.1. The molecule has 0 saturated carbocycles. The first kappa shape index (κ1) is 16.0. The van der Waals surface area contributed by atoms with E-state index in [1.54, 1.807) is 0 Å². The van der Waals surface area contributed by atoms with Gasteiger partial charge < -0.3 is 10.3 Å².